The van der Waals surface area contributed by atoms with Crippen LogP contribution in [0.15, 0.2) is 87.8 Å². The third-order valence-electron chi connectivity index (χ3n) is 7.27. The monoisotopic (exact) mass is 500 g/mol. The fraction of sp³-hybridized carbons (Fsp3) is 0.0909. The van der Waals surface area contributed by atoms with Crippen molar-refractivity contribution in [2.45, 2.75) is 13.8 Å². The van der Waals surface area contributed by atoms with E-state index in [1.54, 1.807) is 17.7 Å². The molecule has 0 aliphatic rings. The van der Waals surface area contributed by atoms with Gasteiger partial charge in [-0.05, 0) is 43.1 Å². The molecule has 3 heterocycles. The molecule has 38 heavy (non-hydrogen) atoms. The van der Waals surface area contributed by atoms with Gasteiger partial charge in [-0.1, -0.05) is 48.5 Å². The largest absolute Gasteiger partial charge is 0.456 e. The summed E-state index contributed by atoms with van der Waals surface area (Å²) in [6.07, 6.45) is 1.30. The van der Waals surface area contributed by atoms with Gasteiger partial charge in [-0.2, -0.15) is 0 Å². The van der Waals surface area contributed by atoms with Gasteiger partial charge in [0.1, 0.15) is 35.2 Å². The first kappa shape index (κ1) is 19.2. The van der Waals surface area contributed by atoms with Crippen LogP contribution in [0, 0.1) is 26.2 Å². The summed E-state index contributed by atoms with van der Waals surface area (Å²) in [6.45, 7) is 7.16. The zero-order valence-corrected chi connectivity index (χ0v) is 20.6. The summed E-state index contributed by atoms with van der Waals surface area (Å²) < 4.78 is 52.5. The van der Waals surface area contributed by atoms with Crippen LogP contribution in [0.3, 0.4) is 0 Å². The molecule has 3 aromatic heterocycles. The van der Waals surface area contributed by atoms with E-state index in [0.717, 1.165) is 44.0 Å². The number of furan rings is 2. The van der Waals surface area contributed by atoms with Gasteiger partial charge in [0.25, 0.3) is 0 Å². The van der Waals surface area contributed by atoms with E-state index in [9.17, 15) is 0 Å². The molecule has 0 aliphatic carbocycles. The maximum absolute atomic E-state index is 15.1. The average Bonchev–Trinajstić information content (AvgIpc) is 3.51. The lowest BCUT2D eigenvalue weighted by atomic mass is 9.97. The summed E-state index contributed by atoms with van der Waals surface area (Å²) >= 11 is 0. The number of para-hydroxylation sites is 1. The Kier molecular flexibility index (Phi) is 4.05. The van der Waals surface area contributed by atoms with E-state index in [1.807, 2.05) is 67.6 Å². The van der Waals surface area contributed by atoms with Crippen LogP contribution >= 0.6 is 0 Å². The topological polar surface area (TPSA) is 34.5 Å². The lowest BCUT2D eigenvalue weighted by molar-refractivity contribution is -0.661. The molecule has 0 fully saturated rings. The van der Waals surface area contributed by atoms with Gasteiger partial charge in [-0.3, -0.25) is 0 Å². The average molecular weight is 501 g/mol. The summed E-state index contributed by atoms with van der Waals surface area (Å²) in [5, 5.41) is 3.44. The van der Waals surface area contributed by atoms with Crippen molar-refractivity contribution in [1.29, 1.82) is 0 Å². The van der Waals surface area contributed by atoms with Gasteiger partial charge >= 0.3 is 0 Å². The third-order valence-corrected chi connectivity index (χ3v) is 7.27. The predicted octanol–water partition coefficient (Wildman–Crippen LogP) is 8.95. The maximum atomic E-state index is 15.1. The number of pyridine rings is 1. The van der Waals surface area contributed by atoms with Gasteiger partial charge in [0.2, 0.25) is 5.69 Å². The predicted molar refractivity (Wildman–Crippen MR) is 149 cm³/mol. The molecule has 0 aliphatic heterocycles. The Hall–Kier alpha value is -4.95. The molecular formula is C33H22FN2O2+. The molecule has 0 saturated heterocycles. The Bertz CT molecular complexity index is 2250. The fourth-order valence-electron chi connectivity index (χ4n) is 5.43. The Morgan fingerprint density at radius 1 is 0.868 bits per heavy atom. The molecule has 0 amide bonds. The first-order valence-electron chi connectivity index (χ1n) is 13.6. The highest BCUT2D eigenvalue weighted by Gasteiger charge is 2.24. The second-order valence-electron chi connectivity index (χ2n) is 9.52. The molecule has 4 aromatic carbocycles. The van der Waals surface area contributed by atoms with E-state index >= 15 is 4.39 Å². The Morgan fingerprint density at radius 2 is 1.68 bits per heavy atom. The minimum Gasteiger partial charge on any atom is -0.456 e. The van der Waals surface area contributed by atoms with Crippen molar-refractivity contribution in [1.82, 2.24) is 0 Å². The van der Waals surface area contributed by atoms with Crippen LogP contribution in [0.5, 0.6) is 0 Å². The number of rotatable bonds is 2. The van der Waals surface area contributed by atoms with Crippen LogP contribution in [0.1, 0.15) is 15.2 Å². The molecule has 182 valence electrons. The molecule has 0 saturated carbocycles. The van der Waals surface area contributed by atoms with Crippen LogP contribution in [0.25, 0.3) is 71.1 Å². The number of nitrogens with zero attached hydrogens (tertiary/aromatic N) is 2. The number of aromatic nitrogens is 1. The molecule has 0 atom stereocenters. The number of hydrogen-bond donors (Lipinski definition) is 0. The molecular weight excluding hydrogens is 475 g/mol. The van der Waals surface area contributed by atoms with Crippen LogP contribution in [0.4, 0.5) is 10.1 Å². The van der Waals surface area contributed by atoms with Crippen molar-refractivity contribution in [3.05, 3.63) is 107 Å². The molecule has 0 radical (unpaired) electrons. The van der Waals surface area contributed by atoms with E-state index in [1.165, 1.54) is 12.3 Å². The summed E-state index contributed by atoms with van der Waals surface area (Å²) in [7, 11) is 1.68. The standard InChI is InChI=1S/C33H22FN2O2/c1-18-9-11-24-31-26(35-3)14-13-21(20-10-12-23-22-7-5-6-8-28(22)37-29(23)15-20)32(31)38-33(24)30(18)27-16-25(34)19(2)17-36(27)4/h5-17H,1-2,4H3/q+1/i2D3. The van der Waals surface area contributed by atoms with Crippen LogP contribution in [-0.4, -0.2) is 0 Å². The Balaban J connectivity index is 1.51. The van der Waals surface area contributed by atoms with Crippen molar-refractivity contribution in [2.24, 2.45) is 7.05 Å². The lowest BCUT2D eigenvalue weighted by Crippen LogP contribution is -2.31. The molecule has 0 spiro atoms. The van der Waals surface area contributed by atoms with E-state index in [4.69, 9.17) is 19.5 Å². The van der Waals surface area contributed by atoms with Crippen LogP contribution in [0.2, 0.25) is 0 Å². The fourth-order valence-corrected chi connectivity index (χ4v) is 5.43. The molecule has 0 unspecified atom stereocenters. The SMILES string of the molecule is [2H]C([2H])([2H])c1c[n+](C)c(-c2c(C)ccc3c2oc2c(-c4ccc5c(c4)oc4ccccc45)ccc([N+]#[C-])c23)cc1F. The number of fused-ring (bicyclic) bond motifs is 6. The van der Waals surface area contributed by atoms with E-state index in [2.05, 4.69) is 4.85 Å². The van der Waals surface area contributed by atoms with Crippen molar-refractivity contribution in [3.63, 3.8) is 0 Å². The maximum Gasteiger partial charge on any atom is 0.219 e. The first-order valence-corrected chi connectivity index (χ1v) is 12.1. The molecule has 0 N–H and O–H groups in total. The second kappa shape index (κ2) is 8.03. The Morgan fingerprint density at radius 3 is 2.53 bits per heavy atom. The molecule has 7 rings (SSSR count). The smallest absolute Gasteiger partial charge is 0.219 e. The van der Waals surface area contributed by atoms with Gasteiger partial charge < -0.3 is 8.83 Å². The number of benzene rings is 4. The zero-order valence-electron chi connectivity index (χ0n) is 23.6. The van der Waals surface area contributed by atoms with Crippen molar-refractivity contribution >= 4 is 49.6 Å². The normalized spacial score (nSPS) is 13.2. The summed E-state index contributed by atoms with van der Waals surface area (Å²) in [4.78, 5) is 3.77. The van der Waals surface area contributed by atoms with Gasteiger partial charge in [0.15, 0.2) is 11.9 Å². The minimum absolute atomic E-state index is 0.350. The van der Waals surface area contributed by atoms with E-state index < -0.39 is 12.7 Å². The van der Waals surface area contributed by atoms with Crippen LogP contribution < -0.4 is 4.57 Å². The summed E-state index contributed by atoms with van der Waals surface area (Å²) in [5.41, 5.74) is 6.26. The molecule has 4 nitrogen and oxygen atoms in total. The summed E-state index contributed by atoms with van der Waals surface area (Å²) in [6, 6.07) is 22.6. The molecule has 0 bridgehead atoms. The highest BCUT2D eigenvalue weighted by Crippen LogP contribution is 2.45. The number of halogens is 1. The zero-order chi connectivity index (χ0) is 28.6. The molecule has 7 aromatic rings. The van der Waals surface area contributed by atoms with Crippen molar-refractivity contribution in [3.8, 4) is 22.4 Å². The minimum atomic E-state index is -2.58. The second-order valence-corrected chi connectivity index (χ2v) is 9.52. The van der Waals surface area contributed by atoms with Gasteiger partial charge in [0, 0.05) is 42.9 Å². The summed E-state index contributed by atoms with van der Waals surface area (Å²) in [5.74, 6) is -0.813. The van der Waals surface area contributed by atoms with Gasteiger partial charge in [0.05, 0.1) is 12.1 Å². The van der Waals surface area contributed by atoms with Crippen molar-refractivity contribution < 1.29 is 21.9 Å². The molecule has 5 heteroatoms. The first-order chi connectivity index (χ1) is 19.7. The highest BCUT2D eigenvalue weighted by atomic mass is 19.1. The lowest BCUT2D eigenvalue weighted by Gasteiger charge is -2.06. The number of hydrogen-bond acceptors (Lipinski definition) is 2. The highest BCUT2D eigenvalue weighted by molar-refractivity contribution is 6.18. The quantitative estimate of drug-likeness (QED) is 0.175. The van der Waals surface area contributed by atoms with E-state index in [0.29, 0.717) is 33.5 Å². The van der Waals surface area contributed by atoms with Gasteiger partial charge in [-0.25, -0.2) is 13.8 Å². The Labute approximate surface area is 222 Å². The third kappa shape index (κ3) is 3.10. The van der Waals surface area contributed by atoms with E-state index in [-0.39, 0.29) is 5.56 Å². The van der Waals surface area contributed by atoms with Crippen LogP contribution in [-0.2, 0) is 7.05 Å². The number of aryl methyl sites for hydroxylation is 3. The van der Waals surface area contributed by atoms with Gasteiger partial charge in [-0.15, -0.1) is 0 Å². The van der Waals surface area contributed by atoms with Crippen molar-refractivity contribution in [2.75, 3.05) is 0 Å².